The Kier molecular flexibility index (Phi) is 8.14. The zero-order valence-corrected chi connectivity index (χ0v) is 9.74. The summed E-state index contributed by atoms with van der Waals surface area (Å²) in [6.07, 6.45) is 1.77. The lowest BCUT2D eigenvalue weighted by atomic mass is 10.0. The summed E-state index contributed by atoms with van der Waals surface area (Å²) in [6, 6.07) is 0. The van der Waals surface area contributed by atoms with Gasteiger partial charge in [-0.1, -0.05) is 33.6 Å². The highest BCUT2D eigenvalue weighted by atomic mass is 16.3. The molecule has 0 spiro atoms. The summed E-state index contributed by atoms with van der Waals surface area (Å²) in [5.41, 5.74) is 0. The van der Waals surface area contributed by atoms with Crippen LogP contribution in [0.25, 0.3) is 0 Å². The van der Waals surface area contributed by atoms with Gasteiger partial charge in [-0.25, -0.2) is 0 Å². The highest BCUT2D eigenvalue weighted by Gasteiger charge is 2.13. The molecule has 0 aliphatic rings. The molecule has 0 bridgehead atoms. The molecule has 1 unspecified atom stereocenters. The zero-order valence-electron chi connectivity index (χ0n) is 9.74. The molecule has 86 valence electrons. The van der Waals surface area contributed by atoms with Crippen LogP contribution in [0.5, 0.6) is 0 Å². The van der Waals surface area contributed by atoms with E-state index >= 15 is 0 Å². The predicted octanol–water partition coefficient (Wildman–Crippen LogP) is 1.10. The highest BCUT2D eigenvalue weighted by molar-refractivity contribution is 4.66. The number of aliphatic hydroxyl groups excluding tert-OH is 2. The maximum absolute atomic E-state index is 9.33. The Bertz CT molecular complexity index is 126. The smallest absolute Gasteiger partial charge is 0.0897 e. The van der Waals surface area contributed by atoms with Gasteiger partial charge in [0.25, 0.3) is 0 Å². The number of nitrogens with zero attached hydrogens (tertiary/aromatic N) is 1. The molecule has 0 aromatic rings. The third kappa shape index (κ3) is 5.58. The summed E-state index contributed by atoms with van der Waals surface area (Å²) in [5, 5.41) is 18.1. The van der Waals surface area contributed by atoms with Crippen molar-refractivity contribution in [2.75, 3.05) is 26.2 Å². The van der Waals surface area contributed by atoms with Crippen molar-refractivity contribution in [3.05, 3.63) is 0 Å². The van der Waals surface area contributed by atoms with E-state index in [2.05, 4.69) is 25.7 Å². The standard InChI is InChI=1S/C11H25NO2/c1-4-10(5-2)7-12(6-3)8-11(14)9-13/h10-11,13-14H,4-9H2,1-3H3. The van der Waals surface area contributed by atoms with Crippen molar-refractivity contribution < 1.29 is 10.2 Å². The van der Waals surface area contributed by atoms with Crippen molar-refractivity contribution in [1.29, 1.82) is 0 Å². The summed E-state index contributed by atoms with van der Waals surface area (Å²) in [7, 11) is 0. The van der Waals surface area contributed by atoms with Crippen LogP contribution >= 0.6 is 0 Å². The number of hydrogen-bond acceptors (Lipinski definition) is 3. The van der Waals surface area contributed by atoms with E-state index in [0.29, 0.717) is 12.5 Å². The number of hydrogen-bond donors (Lipinski definition) is 2. The van der Waals surface area contributed by atoms with Crippen LogP contribution in [-0.2, 0) is 0 Å². The van der Waals surface area contributed by atoms with Crippen molar-refractivity contribution in [3.63, 3.8) is 0 Å². The molecular formula is C11H25NO2. The lowest BCUT2D eigenvalue weighted by Crippen LogP contribution is -2.37. The topological polar surface area (TPSA) is 43.7 Å². The first-order valence-corrected chi connectivity index (χ1v) is 5.69. The van der Waals surface area contributed by atoms with Crippen molar-refractivity contribution in [1.82, 2.24) is 4.90 Å². The van der Waals surface area contributed by atoms with Gasteiger partial charge in [-0.3, -0.25) is 0 Å². The quantitative estimate of drug-likeness (QED) is 0.621. The van der Waals surface area contributed by atoms with Crippen molar-refractivity contribution >= 4 is 0 Å². The molecule has 0 rings (SSSR count). The van der Waals surface area contributed by atoms with Crippen LogP contribution in [0, 0.1) is 5.92 Å². The van der Waals surface area contributed by atoms with E-state index in [9.17, 15) is 5.11 Å². The Morgan fingerprint density at radius 1 is 1.07 bits per heavy atom. The summed E-state index contributed by atoms with van der Waals surface area (Å²) >= 11 is 0. The second kappa shape index (κ2) is 8.21. The molecule has 0 saturated carbocycles. The van der Waals surface area contributed by atoms with Crippen LogP contribution in [0.2, 0.25) is 0 Å². The molecule has 0 aromatic carbocycles. The zero-order chi connectivity index (χ0) is 11.0. The van der Waals surface area contributed by atoms with Gasteiger partial charge in [-0.2, -0.15) is 0 Å². The fourth-order valence-electron chi connectivity index (χ4n) is 1.60. The molecule has 14 heavy (non-hydrogen) atoms. The van der Waals surface area contributed by atoms with Gasteiger partial charge in [0.05, 0.1) is 12.7 Å². The van der Waals surface area contributed by atoms with Crippen molar-refractivity contribution in [2.45, 2.75) is 39.7 Å². The summed E-state index contributed by atoms with van der Waals surface area (Å²) in [5.74, 6) is 0.709. The fraction of sp³-hybridized carbons (Fsp3) is 1.00. The second-order valence-electron chi connectivity index (χ2n) is 3.87. The first-order chi connectivity index (χ1) is 6.67. The molecule has 0 aliphatic carbocycles. The third-order valence-electron chi connectivity index (χ3n) is 2.80. The minimum Gasteiger partial charge on any atom is -0.394 e. The molecule has 0 aliphatic heterocycles. The van der Waals surface area contributed by atoms with Gasteiger partial charge < -0.3 is 15.1 Å². The molecule has 1 atom stereocenters. The lowest BCUT2D eigenvalue weighted by Gasteiger charge is -2.26. The SMILES string of the molecule is CCC(CC)CN(CC)CC(O)CO. The fourth-order valence-corrected chi connectivity index (χ4v) is 1.60. The van der Waals surface area contributed by atoms with Gasteiger partial charge in [-0.05, 0) is 12.5 Å². The van der Waals surface area contributed by atoms with Gasteiger partial charge in [0, 0.05) is 13.1 Å². The first kappa shape index (κ1) is 13.9. The molecule has 0 amide bonds. The molecule has 0 saturated heterocycles. The summed E-state index contributed by atoms with van der Waals surface area (Å²) < 4.78 is 0. The maximum Gasteiger partial charge on any atom is 0.0897 e. The van der Waals surface area contributed by atoms with Crippen LogP contribution in [-0.4, -0.2) is 47.5 Å². The number of aliphatic hydroxyl groups is 2. The van der Waals surface area contributed by atoms with Crippen molar-refractivity contribution in [3.8, 4) is 0 Å². The molecule has 3 heteroatoms. The van der Waals surface area contributed by atoms with E-state index in [1.165, 1.54) is 12.8 Å². The van der Waals surface area contributed by atoms with Crippen LogP contribution in [0.3, 0.4) is 0 Å². The van der Waals surface area contributed by atoms with E-state index in [0.717, 1.165) is 13.1 Å². The van der Waals surface area contributed by atoms with Crippen LogP contribution < -0.4 is 0 Å². The highest BCUT2D eigenvalue weighted by Crippen LogP contribution is 2.09. The molecule has 0 heterocycles. The normalized spacial score (nSPS) is 13.9. The van der Waals surface area contributed by atoms with E-state index in [4.69, 9.17) is 5.11 Å². The molecule has 0 fully saturated rings. The largest absolute Gasteiger partial charge is 0.394 e. The van der Waals surface area contributed by atoms with Crippen LogP contribution in [0.1, 0.15) is 33.6 Å². The Hall–Kier alpha value is -0.120. The van der Waals surface area contributed by atoms with Crippen LogP contribution in [0.15, 0.2) is 0 Å². The Morgan fingerprint density at radius 2 is 1.64 bits per heavy atom. The van der Waals surface area contributed by atoms with Gasteiger partial charge >= 0.3 is 0 Å². The molecular weight excluding hydrogens is 178 g/mol. The van der Waals surface area contributed by atoms with Gasteiger partial charge in [0.15, 0.2) is 0 Å². The monoisotopic (exact) mass is 203 g/mol. The second-order valence-corrected chi connectivity index (χ2v) is 3.87. The van der Waals surface area contributed by atoms with E-state index < -0.39 is 6.10 Å². The number of likely N-dealkylation sites (N-methyl/N-ethyl adjacent to an activating group) is 1. The number of rotatable bonds is 8. The van der Waals surface area contributed by atoms with Crippen molar-refractivity contribution in [2.24, 2.45) is 5.92 Å². The van der Waals surface area contributed by atoms with Gasteiger partial charge in [-0.15, -0.1) is 0 Å². The summed E-state index contributed by atoms with van der Waals surface area (Å²) in [4.78, 5) is 2.21. The lowest BCUT2D eigenvalue weighted by molar-refractivity contribution is 0.0554. The molecule has 3 nitrogen and oxygen atoms in total. The minimum atomic E-state index is -0.593. The Balaban J connectivity index is 3.88. The maximum atomic E-state index is 9.33. The molecule has 0 aromatic heterocycles. The third-order valence-corrected chi connectivity index (χ3v) is 2.80. The average molecular weight is 203 g/mol. The molecule has 0 radical (unpaired) electrons. The Morgan fingerprint density at radius 3 is 2.00 bits per heavy atom. The molecule has 2 N–H and O–H groups in total. The van der Waals surface area contributed by atoms with E-state index in [1.54, 1.807) is 0 Å². The van der Waals surface area contributed by atoms with Gasteiger partial charge in [0.1, 0.15) is 0 Å². The van der Waals surface area contributed by atoms with Gasteiger partial charge in [0.2, 0.25) is 0 Å². The van der Waals surface area contributed by atoms with E-state index in [1.807, 2.05) is 0 Å². The first-order valence-electron chi connectivity index (χ1n) is 5.69. The minimum absolute atomic E-state index is 0.139. The summed E-state index contributed by atoms with van der Waals surface area (Å²) in [6.45, 7) is 8.90. The predicted molar refractivity (Wildman–Crippen MR) is 59.3 cm³/mol. The Labute approximate surface area is 87.7 Å². The van der Waals surface area contributed by atoms with Crippen LogP contribution in [0.4, 0.5) is 0 Å². The average Bonchev–Trinajstić information content (AvgIpc) is 2.23. The van der Waals surface area contributed by atoms with E-state index in [-0.39, 0.29) is 6.61 Å².